The third kappa shape index (κ3) is 6.23. The Balaban J connectivity index is 1.95. The van der Waals surface area contributed by atoms with Gasteiger partial charge in [-0.15, -0.1) is 0 Å². The molecule has 0 aliphatic rings. The number of hydrogen-bond acceptors (Lipinski definition) is 4. The van der Waals surface area contributed by atoms with Crippen LogP contribution in [0.3, 0.4) is 0 Å². The summed E-state index contributed by atoms with van der Waals surface area (Å²) in [7, 11) is 5.54. The molecule has 0 amide bonds. The highest BCUT2D eigenvalue weighted by molar-refractivity contribution is 8.78. The van der Waals surface area contributed by atoms with Crippen LogP contribution in [0.2, 0.25) is 50.2 Å². The van der Waals surface area contributed by atoms with Gasteiger partial charge in [0.15, 0.2) is 0 Å². The van der Waals surface area contributed by atoms with Crippen LogP contribution in [-0.2, 0) is 0 Å². The Kier molecular flexibility index (Phi) is 11.6. The van der Waals surface area contributed by atoms with Crippen LogP contribution in [-0.4, -0.2) is 0 Å². The Morgan fingerprint density at radius 2 is 0.735 bits per heavy atom. The van der Waals surface area contributed by atoms with Crippen molar-refractivity contribution in [3.05, 3.63) is 73.5 Å². The van der Waals surface area contributed by atoms with Crippen LogP contribution < -0.4 is 0 Å². The van der Waals surface area contributed by atoms with Gasteiger partial charge in [0.25, 0.3) is 0 Å². The summed E-state index contributed by atoms with van der Waals surface area (Å²) in [6.07, 6.45) is 0. The van der Waals surface area contributed by atoms with Crippen molar-refractivity contribution < 1.29 is 0 Å². The van der Waals surface area contributed by atoms with E-state index in [0.717, 1.165) is 20.9 Å². The normalized spacial score (nSPS) is 11.4. The molecule has 0 atom stereocenters. The Bertz CT molecular complexity index is 1240. The summed E-state index contributed by atoms with van der Waals surface area (Å²) >= 11 is 62.6. The van der Waals surface area contributed by atoms with Gasteiger partial charge in [-0.05, 0) is 52.6 Å². The molecule has 0 fully saturated rings. The van der Waals surface area contributed by atoms with Gasteiger partial charge < -0.3 is 0 Å². The molecule has 0 radical (unpaired) electrons. The van der Waals surface area contributed by atoms with Gasteiger partial charge in [-0.3, -0.25) is 0 Å². The molecule has 34 heavy (non-hydrogen) atoms. The van der Waals surface area contributed by atoms with E-state index in [9.17, 15) is 0 Å². The highest BCUT2D eigenvalue weighted by atomic mass is 35.5. The predicted octanol–water partition coefficient (Wildman–Crippen LogP) is 14.4. The molecule has 182 valence electrons. The summed E-state index contributed by atoms with van der Waals surface area (Å²) in [5, 5.41) is 1.73. The Labute approximate surface area is 263 Å². The molecule has 0 saturated heterocycles. The minimum atomic E-state index is 0.112. The zero-order valence-corrected chi connectivity index (χ0v) is 27.4. The molecule has 3 aromatic carbocycles. The van der Waals surface area contributed by atoms with E-state index in [-0.39, 0.29) is 50.2 Å². The predicted molar refractivity (Wildman–Crippen MR) is 162 cm³/mol. The molecule has 0 bridgehead atoms. The maximum atomic E-state index is 6.40. The smallest absolute Gasteiger partial charge is 0.0809 e. The van der Waals surface area contributed by atoms with Crippen LogP contribution in [0, 0.1) is 13.8 Å². The molecular formula is C20H8Cl10S4. The summed E-state index contributed by atoms with van der Waals surface area (Å²) in [6.45, 7) is 4.04. The van der Waals surface area contributed by atoms with Crippen molar-refractivity contribution in [2.24, 2.45) is 0 Å². The first-order chi connectivity index (χ1) is 15.9. The number of aryl methyl sites for hydroxylation is 1. The van der Waals surface area contributed by atoms with Crippen LogP contribution in [0.25, 0.3) is 0 Å². The van der Waals surface area contributed by atoms with Gasteiger partial charge in [0, 0.05) is 9.79 Å². The second kappa shape index (κ2) is 12.9. The number of benzene rings is 3. The molecule has 14 heteroatoms. The third-order valence-corrected chi connectivity index (χ3v) is 14.6. The van der Waals surface area contributed by atoms with E-state index in [1.807, 2.05) is 26.0 Å². The van der Waals surface area contributed by atoms with Crippen molar-refractivity contribution in [2.45, 2.75) is 33.4 Å². The Morgan fingerprint density at radius 3 is 1.15 bits per heavy atom. The van der Waals surface area contributed by atoms with Gasteiger partial charge in [0.2, 0.25) is 0 Å². The Hall–Kier alpha value is 1.96. The van der Waals surface area contributed by atoms with Crippen molar-refractivity contribution in [3.8, 4) is 0 Å². The summed E-state index contributed by atoms with van der Waals surface area (Å²) in [6, 6.07) is 4.02. The van der Waals surface area contributed by atoms with Gasteiger partial charge in [-0.2, -0.15) is 0 Å². The summed E-state index contributed by atoms with van der Waals surface area (Å²) in [4.78, 5) is 2.95. The lowest BCUT2D eigenvalue weighted by molar-refractivity contribution is 1.14. The second-order valence-corrected chi connectivity index (χ2v) is 14.6. The lowest BCUT2D eigenvalue weighted by Gasteiger charge is -2.16. The molecule has 0 unspecified atom stereocenters. The fraction of sp³-hybridized carbons (Fsp3) is 0.100. The third-order valence-electron chi connectivity index (χ3n) is 4.40. The van der Waals surface area contributed by atoms with Crippen molar-refractivity contribution in [1.82, 2.24) is 0 Å². The quantitative estimate of drug-likeness (QED) is 0.141. The van der Waals surface area contributed by atoms with Crippen LogP contribution >= 0.6 is 159 Å². The van der Waals surface area contributed by atoms with Gasteiger partial charge in [-0.1, -0.05) is 144 Å². The van der Waals surface area contributed by atoms with Crippen LogP contribution in [0.5, 0.6) is 0 Å². The van der Waals surface area contributed by atoms with E-state index in [0.29, 0.717) is 9.79 Å². The van der Waals surface area contributed by atoms with Gasteiger partial charge in [-0.25, -0.2) is 0 Å². The second-order valence-electron chi connectivity index (χ2n) is 6.47. The molecule has 0 N–H and O–H groups in total. The molecule has 3 rings (SSSR count). The maximum Gasteiger partial charge on any atom is 0.0809 e. The Morgan fingerprint density at radius 1 is 0.412 bits per heavy atom. The summed E-state index contributed by atoms with van der Waals surface area (Å²) < 4.78 is 0. The average molecular weight is 731 g/mol. The fourth-order valence-electron chi connectivity index (χ4n) is 2.42. The topological polar surface area (TPSA) is 0 Å². The number of hydrogen-bond donors (Lipinski definition) is 0. The minimum Gasteiger partial charge on any atom is -0.0813 e. The van der Waals surface area contributed by atoms with E-state index in [2.05, 4.69) is 0 Å². The molecule has 0 saturated carbocycles. The molecule has 0 spiro atoms. The van der Waals surface area contributed by atoms with Crippen molar-refractivity contribution in [2.75, 3.05) is 0 Å². The van der Waals surface area contributed by atoms with Crippen LogP contribution in [0.4, 0.5) is 0 Å². The molecular weight excluding hydrogens is 723 g/mol. The molecule has 0 heterocycles. The summed E-state index contributed by atoms with van der Waals surface area (Å²) in [5.74, 6) is 0. The van der Waals surface area contributed by atoms with E-state index in [1.165, 1.54) is 43.2 Å². The van der Waals surface area contributed by atoms with Crippen molar-refractivity contribution >= 4 is 159 Å². The van der Waals surface area contributed by atoms with E-state index in [1.54, 1.807) is 0 Å². The van der Waals surface area contributed by atoms with E-state index < -0.39 is 0 Å². The van der Waals surface area contributed by atoms with Crippen LogP contribution in [0.15, 0.2) is 31.7 Å². The highest BCUT2D eigenvalue weighted by Gasteiger charge is 2.23. The average Bonchev–Trinajstić information content (AvgIpc) is 2.82. The fourth-order valence-corrected chi connectivity index (χ4v) is 11.4. The molecule has 0 nitrogen and oxygen atoms in total. The van der Waals surface area contributed by atoms with Crippen LogP contribution in [0.1, 0.15) is 11.1 Å². The van der Waals surface area contributed by atoms with Gasteiger partial charge >= 0.3 is 0 Å². The first-order valence-electron chi connectivity index (χ1n) is 8.70. The summed E-state index contributed by atoms with van der Waals surface area (Å²) in [5.41, 5.74) is 2.18. The SMILES string of the molecule is Cc1ccc(SSc2c(Cl)c(Cl)c(Cl)c(Cl)c2Cl)c(SSc2c(Cl)c(Cl)c(Cl)c(Cl)c2Cl)c1C. The molecule has 3 aromatic rings. The number of halogens is 10. The molecule has 0 aliphatic heterocycles. The largest absolute Gasteiger partial charge is 0.0813 e. The van der Waals surface area contributed by atoms with Gasteiger partial charge in [0.05, 0.1) is 60.0 Å². The van der Waals surface area contributed by atoms with E-state index in [4.69, 9.17) is 116 Å². The zero-order valence-electron chi connectivity index (χ0n) is 16.6. The van der Waals surface area contributed by atoms with Crippen molar-refractivity contribution in [3.63, 3.8) is 0 Å². The minimum absolute atomic E-state index is 0.112. The lowest BCUT2D eigenvalue weighted by atomic mass is 10.1. The molecule has 0 aromatic heterocycles. The zero-order chi connectivity index (χ0) is 25.5. The first-order valence-corrected chi connectivity index (χ1v) is 16.8. The molecule has 0 aliphatic carbocycles. The maximum absolute atomic E-state index is 6.40. The standard InChI is InChI=1S/C20H8Cl10S4/c1-5-3-4-7(31-33-19-14(27)10(23)8(21)11(24)15(19)28)18(6(5)2)32-34-20-16(29)12(25)9(22)13(26)17(20)30/h3-4H,1-2H3. The van der Waals surface area contributed by atoms with Gasteiger partial charge in [0.1, 0.15) is 0 Å². The number of rotatable bonds is 6. The lowest BCUT2D eigenvalue weighted by Crippen LogP contribution is -1.88. The van der Waals surface area contributed by atoms with E-state index >= 15 is 0 Å². The van der Waals surface area contributed by atoms with Crippen molar-refractivity contribution in [1.29, 1.82) is 0 Å². The first kappa shape index (κ1) is 30.5. The monoisotopic (exact) mass is 726 g/mol. The highest BCUT2D eigenvalue weighted by Crippen LogP contribution is 2.56.